The molecule has 1 amide bonds. The molecular weight excluding hydrogens is 322 g/mol. The molecule has 0 saturated carbocycles. The van der Waals surface area contributed by atoms with Crippen molar-refractivity contribution in [1.29, 1.82) is 5.26 Å². The Morgan fingerprint density at radius 3 is 2.31 bits per heavy atom. The molecule has 3 aromatic carbocycles. The molecule has 0 aliphatic heterocycles. The predicted octanol–water partition coefficient (Wildman–Crippen LogP) is 5.09. The van der Waals surface area contributed by atoms with Crippen molar-refractivity contribution < 1.29 is 4.79 Å². The number of anilines is 2. The van der Waals surface area contributed by atoms with E-state index in [1.807, 2.05) is 62.4 Å². The summed E-state index contributed by atoms with van der Waals surface area (Å²) in [4.78, 5) is 12.4. The number of nitrogens with zero attached hydrogens (tertiary/aromatic N) is 1. The third-order valence-electron chi connectivity index (χ3n) is 3.66. The first kappa shape index (κ1) is 18.8. The molecule has 0 unspecified atom stereocenters. The number of para-hydroxylation sites is 1. The van der Waals surface area contributed by atoms with Crippen molar-refractivity contribution in [1.82, 2.24) is 0 Å². The molecule has 4 heteroatoms. The van der Waals surface area contributed by atoms with Gasteiger partial charge in [0, 0.05) is 16.9 Å². The van der Waals surface area contributed by atoms with E-state index in [-0.39, 0.29) is 5.91 Å². The second kappa shape index (κ2) is 9.05. The van der Waals surface area contributed by atoms with Crippen LogP contribution in [0.5, 0.6) is 0 Å². The molecule has 0 aliphatic rings. The Hall–Kier alpha value is -3.58. The first-order chi connectivity index (χ1) is 12.7. The van der Waals surface area contributed by atoms with Gasteiger partial charge in [0.2, 0.25) is 0 Å². The fourth-order valence-corrected chi connectivity index (χ4v) is 2.40. The minimum absolute atomic E-state index is 0.181. The molecule has 3 N–H and O–H groups in total. The summed E-state index contributed by atoms with van der Waals surface area (Å²) in [5.41, 5.74) is 9.61. The van der Waals surface area contributed by atoms with Crippen LogP contribution in [0.2, 0.25) is 0 Å². The van der Waals surface area contributed by atoms with Gasteiger partial charge in [0.1, 0.15) is 6.07 Å². The molecule has 3 rings (SSSR count). The summed E-state index contributed by atoms with van der Waals surface area (Å²) in [6, 6.07) is 23.9. The van der Waals surface area contributed by atoms with E-state index in [0.717, 1.165) is 16.8 Å². The molecule has 0 spiro atoms. The number of hydrogen-bond donors (Lipinski definition) is 2. The lowest BCUT2D eigenvalue weighted by Gasteiger charge is -2.08. The van der Waals surface area contributed by atoms with E-state index in [9.17, 15) is 4.79 Å². The quantitative estimate of drug-likeness (QED) is 0.650. The molecule has 4 nitrogen and oxygen atoms in total. The number of nitrogens with two attached hydrogens (primary N) is 1. The van der Waals surface area contributed by atoms with E-state index < -0.39 is 0 Å². The molecule has 3 aromatic rings. The van der Waals surface area contributed by atoms with Crippen LogP contribution in [-0.2, 0) is 0 Å². The third kappa shape index (κ3) is 4.49. The van der Waals surface area contributed by atoms with Crippen molar-refractivity contribution in [2.75, 3.05) is 11.1 Å². The van der Waals surface area contributed by atoms with Gasteiger partial charge in [-0.05, 0) is 47.5 Å². The number of hydrogen-bond acceptors (Lipinski definition) is 3. The Labute approximate surface area is 153 Å². The Bertz CT molecular complexity index is 928. The maximum atomic E-state index is 12.4. The SMILES string of the molecule is CC.N#Cc1cc(-c2cccc(C(=O)Nc3ccccc3)c2)ccc1N. The summed E-state index contributed by atoms with van der Waals surface area (Å²) >= 11 is 0. The minimum Gasteiger partial charge on any atom is -0.398 e. The molecule has 0 atom stereocenters. The second-order valence-electron chi connectivity index (χ2n) is 5.31. The van der Waals surface area contributed by atoms with Crippen LogP contribution in [0.25, 0.3) is 11.1 Å². The topological polar surface area (TPSA) is 78.9 Å². The number of carbonyl (C=O) groups excluding carboxylic acids is 1. The Balaban J connectivity index is 0.00000117. The number of nitrogens with one attached hydrogen (secondary N) is 1. The summed E-state index contributed by atoms with van der Waals surface area (Å²) < 4.78 is 0. The van der Waals surface area contributed by atoms with E-state index in [2.05, 4.69) is 11.4 Å². The van der Waals surface area contributed by atoms with Crippen LogP contribution in [0, 0.1) is 11.3 Å². The van der Waals surface area contributed by atoms with Crippen LogP contribution >= 0.6 is 0 Å². The maximum absolute atomic E-state index is 12.4. The zero-order chi connectivity index (χ0) is 18.9. The van der Waals surface area contributed by atoms with Crippen molar-refractivity contribution in [2.24, 2.45) is 0 Å². The number of carbonyl (C=O) groups is 1. The van der Waals surface area contributed by atoms with E-state index in [1.54, 1.807) is 24.3 Å². The number of benzene rings is 3. The van der Waals surface area contributed by atoms with E-state index in [0.29, 0.717) is 16.8 Å². The van der Waals surface area contributed by atoms with Crippen LogP contribution in [-0.4, -0.2) is 5.91 Å². The Morgan fingerprint density at radius 1 is 0.923 bits per heavy atom. The van der Waals surface area contributed by atoms with Gasteiger partial charge in [-0.1, -0.05) is 50.2 Å². The van der Waals surface area contributed by atoms with Crippen molar-refractivity contribution in [2.45, 2.75) is 13.8 Å². The normalized spacial score (nSPS) is 9.42. The molecule has 0 heterocycles. The zero-order valence-corrected chi connectivity index (χ0v) is 14.9. The Kier molecular flexibility index (Phi) is 6.53. The molecular formula is C22H21N3O. The summed E-state index contributed by atoms with van der Waals surface area (Å²) in [6.07, 6.45) is 0. The summed E-state index contributed by atoms with van der Waals surface area (Å²) in [6.45, 7) is 4.00. The van der Waals surface area contributed by atoms with Gasteiger partial charge >= 0.3 is 0 Å². The monoisotopic (exact) mass is 343 g/mol. The minimum atomic E-state index is -0.181. The first-order valence-electron chi connectivity index (χ1n) is 8.44. The van der Waals surface area contributed by atoms with Crippen molar-refractivity contribution in [3.8, 4) is 17.2 Å². The standard InChI is InChI=1S/C20H15N3O.C2H6/c21-13-17-12-15(9-10-19(17)22)14-5-4-6-16(11-14)20(24)23-18-7-2-1-3-8-18;1-2/h1-12H,22H2,(H,23,24);1-2H3. The molecule has 0 fully saturated rings. The highest BCUT2D eigenvalue weighted by Gasteiger charge is 2.08. The lowest BCUT2D eigenvalue weighted by Crippen LogP contribution is -2.11. The largest absolute Gasteiger partial charge is 0.398 e. The number of nitriles is 1. The highest BCUT2D eigenvalue weighted by Crippen LogP contribution is 2.24. The van der Waals surface area contributed by atoms with E-state index in [4.69, 9.17) is 11.0 Å². The fourth-order valence-electron chi connectivity index (χ4n) is 2.40. The maximum Gasteiger partial charge on any atom is 0.255 e. The molecule has 26 heavy (non-hydrogen) atoms. The molecule has 0 aromatic heterocycles. The fraction of sp³-hybridized carbons (Fsp3) is 0.0909. The van der Waals surface area contributed by atoms with Gasteiger partial charge in [-0.25, -0.2) is 0 Å². The van der Waals surface area contributed by atoms with Gasteiger partial charge in [-0.3, -0.25) is 4.79 Å². The van der Waals surface area contributed by atoms with Crippen molar-refractivity contribution >= 4 is 17.3 Å². The van der Waals surface area contributed by atoms with Crippen LogP contribution < -0.4 is 11.1 Å². The molecule has 0 aliphatic carbocycles. The number of amides is 1. The van der Waals surface area contributed by atoms with Crippen LogP contribution in [0.15, 0.2) is 72.8 Å². The highest BCUT2D eigenvalue weighted by atomic mass is 16.1. The summed E-state index contributed by atoms with van der Waals surface area (Å²) in [5, 5.41) is 12.0. The van der Waals surface area contributed by atoms with E-state index in [1.165, 1.54) is 0 Å². The predicted molar refractivity (Wildman–Crippen MR) is 107 cm³/mol. The van der Waals surface area contributed by atoms with Crippen molar-refractivity contribution in [3.05, 3.63) is 83.9 Å². The highest BCUT2D eigenvalue weighted by molar-refractivity contribution is 6.05. The summed E-state index contributed by atoms with van der Waals surface area (Å²) in [7, 11) is 0. The molecule has 0 saturated heterocycles. The lowest BCUT2D eigenvalue weighted by atomic mass is 10.0. The van der Waals surface area contributed by atoms with Crippen LogP contribution in [0.4, 0.5) is 11.4 Å². The van der Waals surface area contributed by atoms with Gasteiger partial charge in [-0.2, -0.15) is 5.26 Å². The van der Waals surface area contributed by atoms with Crippen LogP contribution in [0.3, 0.4) is 0 Å². The third-order valence-corrected chi connectivity index (χ3v) is 3.66. The smallest absolute Gasteiger partial charge is 0.255 e. The van der Waals surface area contributed by atoms with Crippen LogP contribution in [0.1, 0.15) is 29.8 Å². The van der Waals surface area contributed by atoms with Gasteiger partial charge in [-0.15, -0.1) is 0 Å². The van der Waals surface area contributed by atoms with Gasteiger partial charge < -0.3 is 11.1 Å². The van der Waals surface area contributed by atoms with Gasteiger partial charge in [0.25, 0.3) is 5.91 Å². The first-order valence-corrected chi connectivity index (χ1v) is 8.44. The Morgan fingerprint density at radius 2 is 1.62 bits per heavy atom. The zero-order valence-electron chi connectivity index (χ0n) is 14.9. The summed E-state index contributed by atoms with van der Waals surface area (Å²) in [5.74, 6) is -0.181. The second-order valence-corrected chi connectivity index (χ2v) is 5.31. The molecule has 130 valence electrons. The lowest BCUT2D eigenvalue weighted by molar-refractivity contribution is 0.102. The number of rotatable bonds is 3. The molecule has 0 radical (unpaired) electrons. The van der Waals surface area contributed by atoms with Gasteiger partial charge in [0.15, 0.2) is 0 Å². The average molecular weight is 343 g/mol. The van der Waals surface area contributed by atoms with Crippen molar-refractivity contribution in [3.63, 3.8) is 0 Å². The molecule has 0 bridgehead atoms. The van der Waals surface area contributed by atoms with Gasteiger partial charge in [0.05, 0.1) is 5.56 Å². The average Bonchev–Trinajstić information content (AvgIpc) is 2.71. The van der Waals surface area contributed by atoms with E-state index >= 15 is 0 Å². The number of nitrogen functional groups attached to an aromatic ring is 1.